The Morgan fingerprint density at radius 3 is 2.36 bits per heavy atom. The van der Waals surface area contributed by atoms with Gasteiger partial charge in [0, 0.05) is 12.5 Å². The fraction of sp³-hybridized carbons (Fsp3) is 0.778. The van der Waals surface area contributed by atoms with Gasteiger partial charge in [-0.1, -0.05) is 0 Å². The van der Waals surface area contributed by atoms with E-state index in [2.05, 4.69) is 10.1 Å². The summed E-state index contributed by atoms with van der Waals surface area (Å²) in [6, 6.07) is -0.219. The SMILES string of the molecule is COC(=O)C(C)(C)NC(=O)CC(C)N. The molecule has 14 heavy (non-hydrogen) atoms. The maximum Gasteiger partial charge on any atom is 0.330 e. The van der Waals surface area contributed by atoms with Crippen molar-refractivity contribution < 1.29 is 14.3 Å². The van der Waals surface area contributed by atoms with Crippen LogP contribution in [-0.2, 0) is 14.3 Å². The van der Waals surface area contributed by atoms with Crippen molar-refractivity contribution in [2.45, 2.75) is 38.8 Å². The second kappa shape index (κ2) is 4.95. The number of ether oxygens (including phenoxy) is 1. The van der Waals surface area contributed by atoms with Crippen molar-refractivity contribution in [2.75, 3.05) is 7.11 Å². The first kappa shape index (κ1) is 12.9. The van der Waals surface area contributed by atoms with Gasteiger partial charge in [0.15, 0.2) is 0 Å². The largest absolute Gasteiger partial charge is 0.467 e. The van der Waals surface area contributed by atoms with Crippen molar-refractivity contribution >= 4 is 11.9 Å². The minimum Gasteiger partial charge on any atom is -0.467 e. The van der Waals surface area contributed by atoms with Crippen molar-refractivity contribution in [3.63, 3.8) is 0 Å². The van der Waals surface area contributed by atoms with Gasteiger partial charge in [-0.25, -0.2) is 4.79 Å². The van der Waals surface area contributed by atoms with Crippen LogP contribution in [0.1, 0.15) is 27.2 Å². The summed E-state index contributed by atoms with van der Waals surface area (Å²) in [7, 11) is 1.28. The average Bonchev–Trinajstić information content (AvgIpc) is 1.99. The number of amides is 1. The van der Waals surface area contributed by atoms with Gasteiger partial charge in [-0.3, -0.25) is 4.79 Å². The molecule has 5 nitrogen and oxygen atoms in total. The van der Waals surface area contributed by atoms with E-state index in [1.807, 2.05) is 0 Å². The van der Waals surface area contributed by atoms with E-state index in [0.29, 0.717) is 0 Å². The lowest BCUT2D eigenvalue weighted by atomic mass is 10.1. The molecule has 1 atom stereocenters. The highest BCUT2D eigenvalue weighted by atomic mass is 16.5. The molecule has 0 spiro atoms. The zero-order valence-corrected chi connectivity index (χ0v) is 9.09. The van der Waals surface area contributed by atoms with E-state index in [1.165, 1.54) is 7.11 Å². The molecule has 5 heteroatoms. The second-order valence-corrected chi connectivity index (χ2v) is 3.85. The first-order valence-electron chi connectivity index (χ1n) is 4.44. The third kappa shape index (κ3) is 4.23. The van der Waals surface area contributed by atoms with E-state index in [-0.39, 0.29) is 18.4 Å². The van der Waals surface area contributed by atoms with Crippen LogP contribution in [0.2, 0.25) is 0 Å². The van der Waals surface area contributed by atoms with Gasteiger partial charge in [0.1, 0.15) is 5.54 Å². The van der Waals surface area contributed by atoms with Gasteiger partial charge >= 0.3 is 5.97 Å². The van der Waals surface area contributed by atoms with Gasteiger partial charge in [0.25, 0.3) is 0 Å². The predicted molar refractivity (Wildman–Crippen MR) is 52.5 cm³/mol. The molecule has 1 unspecified atom stereocenters. The molecule has 0 aromatic heterocycles. The number of nitrogens with one attached hydrogen (secondary N) is 1. The summed E-state index contributed by atoms with van der Waals surface area (Å²) < 4.78 is 4.54. The van der Waals surface area contributed by atoms with Crippen molar-refractivity contribution in [1.82, 2.24) is 5.32 Å². The molecule has 0 rings (SSSR count). The monoisotopic (exact) mass is 202 g/mol. The molecule has 0 heterocycles. The Kier molecular flexibility index (Phi) is 4.56. The quantitative estimate of drug-likeness (QED) is 0.618. The standard InChI is InChI=1S/C9H18N2O3/c1-6(10)5-7(12)11-9(2,3)8(13)14-4/h6H,5,10H2,1-4H3,(H,11,12). The van der Waals surface area contributed by atoms with Crippen LogP contribution in [0.3, 0.4) is 0 Å². The summed E-state index contributed by atoms with van der Waals surface area (Å²) in [6.45, 7) is 4.89. The fourth-order valence-corrected chi connectivity index (χ4v) is 0.998. The zero-order valence-electron chi connectivity index (χ0n) is 9.09. The van der Waals surface area contributed by atoms with Crippen molar-refractivity contribution in [2.24, 2.45) is 5.73 Å². The van der Waals surface area contributed by atoms with Crippen LogP contribution in [0.5, 0.6) is 0 Å². The summed E-state index contributed by atoms with van der Waals surface area (Å²) in [6.07, 6.45) is 0.195. The van der Waals surface area contributed by atoms with Crippen LogP contribution in [0, 0.1) is 0 Å². The highest BCUT2D eigenvalue weighted by molar-refractivity contribution is 5.87. The Hall–Kier alpha value is -1.10. The molecule has 0 saturated heterocycles. The number of nitrogens with two attached hydrogens (primary N) is 1. The smallest absolute Gasteiger partial charge is 0.330 e. The van der Waals surface area contributed by atoms with Crippen molar-refractivity contribution in [1.29, 1.82) is 0 Å². The first-order valence-corrected chi connectivity index (χ1v) is 4.44. The highest BCUT2D eigenvalue weighted by Gasteiger charge is 2.30. The third-order valence-electron chi connectivity index (χ3n) is 1.65. The molecule has 0 aromatic rings. The molecule has 0 aromatic carbocycles. The Morgan fingerprint density at radius 2 is 2.00 bits per heavy atom. The predicted octanol–water partition coefficient (Wildman–Crippen LogP) is -0.208. The lowest BCUT2D eigenvalue weighted by Gasteiger charge is -2.23. The normalized spacial score (nSPS) is 13.2. The summed E-state index contributed by atoms with van der Waals surface area (Å²) in [4.78, 5) is 22.5. The molecular weight excluding hydrogens is 184 g/mol. The van der Waals surface area contributed by atoms with E-state index in [1.54, 1.807) is 20.8 Å². The van der Waals surface area contributed by atoms with Gasteiger partial charge in [-0.2, -0.15) is 0 Å². The van der Waals surface area contributed by atoms with E-state index in [0.717, 1.165) is 0 Å². The molecule has 0 bridgehead atoms. The van der Waals surface area contributed by atoms with Gasteiger partial charge in [-0.05, 0) is 20.8 Å². The molecule has 3 N–H and O–H groups in total. The summed E-state index contributed by atoms with van der Waals surface area (Å²) >= 11 is 0. The Labute approximate surface area is 84.0 Å². The van der Waals surface area contributed by atoms with Gasteiger partial charge in [0.2, 0.25) is 5.91 Å². The van der Waals surface area contributed by atoms with Crippen LogP contribution in [0.25, 0.3) is 0 Å². The zero-order chi connectivity index (χ0) is 11.4. The summed E-state index contributed by atoms with van der Waals surface area (Å²) in [5, 5.41) is 2.54. The Balaban J connectivity index is 4.22. The Bertz CT molecular complexity index is 224. The molecular formula is C9H18N2O3. The number of hydrogen-bond donors (Lipinski definition) is 2. The van der Waals surface area contributed by atoms with Crippen molar-refractivity contribution in [3.8, 4) is 0 Å². The molecule has 0 radical (unpaired) electrons. The van der Waals surface area contributed by atoms with Crippen LogP contribution in [-0.4, -0.2) is 30.6 Å². The van der Waals surface area contributed by atoms with E-state index >= 15 is 0 Å². The average molecular weight is 202 g/mol. The summed E-state index contributed by atoms with van der Waals surface area (Å²) in [5.41, 5.74) is 4.44. The van der Waals surface area contributed by atoms with Crippen molar-refractivity contribution in [3.05, 3.63) is 0 Å². The minimum absolute atomic E-state index is 0.195. The van der Waals surface area contributed by atoms with E-state index in [9.17, 15) is 9.59 Å². The lowest BCUT2D eigenvalue weighted by Crippen LogP contribution is -2.51. The van der Waals surface area contributed by atoms with Gasteiger partial charge in [0.05, 0.1) is 7.11 Å². The third-order valence-corrected chi connectivity index (χ3v) is 1.65. The molecule has 1 amide bonds. The maximum atomic E-state index is 11.3. The van der Waals surface area contributed by atoms with Crippen LogP contribution in [0.15, 0.2) is 0 Å². The number of methoxy groups -OCH3 is 1. The number of esters is 1. The first-order chi connectivity index (χ1) is 6.29. The number of carbonyl (C=O) groups is 2. The second-order valence-electron chi connectivity index (χ2n) is 3.85. The maximum absolute atomic E-state index is 11.3. The van der Waals surface area contributed by atoms with Gasteiger partial charge in [-0.15, -0.1) is 0 Å². The number of hydrogen-bond acceptors (Lipinski definition) is 4. The van der Waals surface area contributed by atoms with Crippen LogP contribution < -0.4 is 11.1 Å². The molecule has 82 valence electrons. The van der Waals surface area contributed by atoms with E-state index in [4.69, 9.17) is 5.73 Å². The molecule has 0 saturated carbocycles. The molecule has 0 fully saturated rings. The molecule has 0 aliphatic rings. The molecule has 0 aliphatic heterocycles. The Morgan fingerprint density at radius 1 is 1.50 bits per heavy atom. The van der Waals surface area contributed by atoms with Gasteiger partial charge < -0.3 is 15.8 Å². The summed E-state index contributed by atoms with van der Waals surface area (Å²) in [5.74, 6) is -0.731. The minimum atomic E-state index is -0.999. The lowest BCUT2D eigenvalue weighted by molar-refractivity contribution is -0.149. The van der Waals surface area contributed by atoms with Crippen LogP contribution >= 0.6 is 0 Å². The number of carbonyl (C=O) groups excluding carboxylic acids is 2. The van der Waals surface area contributed by atoms with Crippen LogP contribution in [0.4, 0.5) is 0 Å². The van der Waals surface area contributed by atoms with E-state index < -0.39 is 11.5 Å². The molecule has 0 aliphatic carbocycles. The topological polar surface area (TPSA) is 81.4 Å². The number of rotatable bonds is 4. The highest BCUT2D eigenvalue weighted by Crippen LogP contribution is 2.05. The fourth-order valence-electron chi connectivity index (χ4n) is 0.998.